The quantitative estimate of drug-likeness (QED) is 0.0274. The lowest BCUT2D eigenvalue weighted by Gasteiger charge is -2.40. The molecule has 0 aromatic heterocycles. The first-order chi connectivity index (χ1) is 26.3. The van der Waals surface area contributed by atoms with E-state index in [1.807, 2.05) is 6.08 Å². The molecule has 7 unspecified atom stereocenters. The number of allylic oxidation sites excluding steroid dienone is 5. The van der Waals surface area contributed by atoms with E-state index in [4.69, 9.17) is 9.47 Å². The van der Waals surface area contributed by atoms with Crippen LogP contribution in [-0.2, 0) is 14.3 Å². The van der Waals surface area contributed by atoms with Gasteiger partial charge in [-0.15, -0.1) is 0 Å². The van der Waals surface area contributed by atoms with Crippen molar-refractivity contribution >= 4 is 5.91 Å². The van der Waals surface area contributed by atoms with Crippen LogP contribution in [-0.4, -0.2) is 87.5 Å². The van der Waals surface area contributed by atoms with Crippen LogP contribution in [0.15, 0.2) is 36.5 Å². The maximum atomic E-state index is 12.9. The largest absolute Gasteiger partial charge is 0.394 e. The average Bonchev–Trinajstić information content (AvgIpc) is 3.17. The van der Waals surface area contributed by atoms with Crippen molar-refractivity contribution in [3.63, 3.8) is 0 Å². The number of carbonyl (C=O) groups excluding carboxylic acids is 1. The molecule has 1 heterocycles. The molecule has 0 radical (unpaired) electrons. The predicted molar refractivity (Wildman–Crippen MR) is 221 cm³/mol. The Morgan fingerprint density at radius 3 is 1.56 bits per heavy atom. The van der Waals surface area contributed by atoms with Crippen LogP contribution < -0.4 is 5.32 Å². The summed E-state index contributed by atoms with van der Waals surface area (Å²) < 4.78 is 11.2. The van der Waals surface area contributed by atoms with Crippen LogP contribution in [0, 0.1) is 0 Å². The Balaban J connectivity index is 2.42. The molecular weight excluding hydrogens is 682 g/mol. The van der Waals surface area contributed by atoms with Gasteiger partial charge >= 0.3 is 0 Å². The SMILES string of the molecule is CCCCCCCCC/C=C\CCCCCCCC(=O)NC(COC1OC(CO)C(O)C(O)C1O)C(O)/C=C/CC/C=C/CCCCCCCCCCC. The molecule has 1 fully saturated rings. The Hall–Kier alpha value is -1.59. The molecule has 9 heteroatoms. The highest BCUT2D eigenvalue weighted by molar-refractivity contribution is 5.76. The molecule has 1 rings (SSSR count). The summed E-state index contributed by atoms with van der Waals surface area (Å²) in [7, 11) is 0. The van der Waals surface area contributed by atoms with Crippen LogP contribution in [0.25, 0.3) is 0 Å². The van der Waals surface area contributed by atoms with Gasteiger partial charge in [-0.05, 0) is 57.8 Å². The van der Waals surface area contributed by atoms with Gasteiger partial charge in [0, 0.05) is 6.42 Å². The minimum Gasteiger partial charge on any atom is -0.394 e. The minimum absolute atomic E-state index is 0.197. The van der Waals surface area contributed by atoms with Gasteiger partial charge in [-0.3, -0.25) is 4.79 Å². The summed E-state index contributed by atoms with van der Waals surface area (Å²) in [4.78, 5) is 12.9. The fraction of sp³-hybridized carbons (Fsp3) is 0.844. The van der Waals surface area contributed by atoms with Crippen molar-refractivity contribution in [1.29, 1.82) is 0 Å². The van der Waals surface area contributed by atoms with E-state index in [0.29, 0.717) is 6.42 Å². The number of rotatable bonds is 36. The van der Waals surface area contributed by atoms with Crippen LogP contribution in [0.4, 0.5) is 0 Å². The van der Waals surface area contributed by atoms with E-state index in [1.54, 1.807) is 6.08 Å². The molecular formula is C45H83NO8. The van der Waals surface area contributed by atoms with Crippen LogP contribution in [0.5, 0.6) is 0 Å². The number of hydrogen-bond acceptors (Lipinski definition) is 8. The smallest absolute Gasteiger partial charge is 0.220 e. The van der Waals surface area contributed by atoms with Crippen LogP contribution in [0.1, 0.15) is 187 Å². The summed E-state index contributed by atoms with van der Waals surface area (Å²) >= 11 is 0. The van der Waals surface area contributed by atoms with E-state index in [1.165, 1.54) is 109 Å². The Kier molecular flexibility index (Phi) is 33.4. The van der Waals surface area contributed by atoms with E-state index >= 15 is 0 Å². The zero-order chi connectivity index (χ0) is 39.5. The predicted octanol–water partition coefficient (Wildman–Crippen LogP) is 8.89. The van der Waals surface area contributed by atoms with Gasteiger partial charge in [-0.25, -0.2) is 0 Å². The first kappa shape index (κ1) is 50.4. The summed E-state index contributed by atoms with van der Waals surface area (Å²) in [5.74, 6) is -0.197. The molecule has 316 valence electrons. The topological polar surface area (TPSA) is 149 Å². The van der Waals surface area contributed by atoms with Crippen molar-refractivity contribution in [2.24, 2.45) is 0 Å². The van der Waals surface area contributed by atoms with Gasteiger partial charge in [0.2, 0.25) is 5.91 Å². The lowest BCUT2D eigenvalue weighted by atomic mass is 9.99. The molecule has 0 spiro atoms. The molecule has 1 aliphatic heterocycles. The Bertz CT molecular complexity index is 941. The van der Waals surface area contributed by atoms with E-state index in [9.17, 15) is 30.3 Å². The van der Waals surface area contributed by atoms with Gasteiger partial charge in [-0.2, -0.15) is 0 Å². The van der Waals surface area contributed by atoms with Crippen LogP contribution in [0.2, 0.25) is 0 Å². The third kappa shape index (κ3) is 26.3. The van der Waals surface area contributed by atoms with Crippen molar-refractivity contribution in [2.75, 3.05) is 13.2 Å². The molecule has 7 atom stereocenters. The molecule has 54 heavy (non-hydrogen) atoms. The Morgan fingerprint density at radius 1 is 0.611 bits per heavy atom. The second kappa shape index (κ2) is 35.8. The van der Waals surface area contributed by atoms with E-state index in [-0.39, 0.29) is 12.5 Å². The van der Waals surface area contributed by atoms with E-state index in [0.717, 1.165) is 57.8 Å². The van der Waals surface area contributed by atoms with Gasteiger partial charge in [0.05, 0.1) is 25.4 Å². The average molecular weight is 766 g/mol. The minimum atomic E-state index is -1.57. The number of ether oxygens (including phenoxy) is 2. The molecule has 6 N–H and O–H groups in total. The monoisotopic (exact) mass is 766 g/mol. The number of hydrogen-bond donors (Lipinski definition) is 6. The molecule has 1 saturated heterocycles. The first-order valence-electron chi connectivity index (χ1n) is 22.2. The number of aliphatic hydroxyl groups excluding tert-OH is 5. The number of nitrogens with one attached hydrogen (secondary N) is 1. The van der Waals surface area contributed by atoms with Gasteiger partial charge in [0.15, 0.2) is 6.29 Å². The molecule has 0 saturated carbocycles. The molecule has 1 amide bonds. The molecule has 0 aromatic carbocycles. The van der Waals surface area contributed by atoms with Crippen molar-refractivity contribution in [3.8, 4) is 0 Å². The first-order valence-corrected chi connectivity index (χ1v) is 22.2. The van der Waals surface area contributed by atoms with Crippen LogP contribution >= 0.6 is 0 Å². The van der Waals surface area contributed by atoms with Gasteiger partial charge in [0.25, 0.3) is 0 Å². The molecule has 0 aromatic rings. The lowest BCUT2D eigenvalue weighted by Crippen LogP contribution is -2.60. The molecule has 1 aliphatic rings. The zero-order valence-corrected chi connectivity index (χ0v) is 34.5. The van der Waals surface area contributed by atoms with Crippen LogP contribution in [0.3, 0.4) is 0 Å². The van der Waals surface area contributed by atoms with E-state index in [2.05, 4.69) is 43.5 Å². The maximum Gasteiger partial charge on any atom is 0.220 e. The third-order valence-electron chi connectivity index (χ3n) is 10.4. The number of amides is 1. The summed E-state index contributed by atoms with van der Waals surface area (Å²) in [5, 5.41) is 54.1. The summed E-state index contributed by atoms with van der Waals surface area (Å²) in [6.07, 6.45) is 36.1. The zero-order valence-electron chi connectivity index (χ0n) is 34.5. The Labute approximate surface area is 330 Å². The standard InChI is InChI=1S/C45H83NO8/c1-3-5-7-9-11-13-15-17-19-21-23-25-27-29-31-33-35-41(49)46-38(37-53-45-44(52)43(51)42(50)40(36-47)54-45)39(48)34-32-30-28-26-24-22-20-18-16-14-12-10-8-6-4-2/h19,21,24,26,32,34,38-40,42-45,47-48,50-52H,3-18,20,22-23,25,27-31,33,35-37H2,1-2H3,(H,46,49)/b21-19-,26-24+,34-32+. The van der Waals surface area contributed by atoms with Gasteiger partial charge < -0.3 is 40.3 Å². The highest BCUT2D eigenvalue weighted by atomic mass is 16.7. The number of aliphatic hydroxyl groups is 5. The third-order valence-corrected chi connectivity index (χ3v) is 10.4. The summed E-state index contributed by atoms with van der Waals surface area (Å²) in [5.41, 5.74) is 0. The van der Waals surface area contributed by atoms with Gasteiger partial charge in [0.1, 0.15) is 24.4 Å². The van der Waals surface area contributed by atoms with Gasteiger partial charge in [-0.1, -0.05) is 159 Å². The molecule has 0 bridgehead atoms. The fourth-order valence-corrected chi connectivity index (χ4v) is 6.81. The second-order valence-corrected chi connectivity index (χ2v) is 15.5. The Morgan fingerprint density at radius 2 is 1.06 bits per heavy atom. The normalized spacial score (nSPS) is 21.8. The van der Waals surface area contributed by atoms with Crippen molar-refractivity contribution in [3.05, 3.63) is 36.5 Å². The fourth-order valence-electron chi connectivity index (χ4n) is 6.81. The summed E-state index contributed by atoms with van der Waals surface area (Å²) in [6, 6.07) is -0.823. The summed E-state index contributed by atoms with van der Waals surface area (Å²) in [6.45, 7) is 3.73. The molecule has 0 aliphatic carbocycles. The van der Waals surface area contributed by atoms with Crippen molar-refractivity contribution in [2.45, 2.75) is 230 Å². The molecule has 9 nitrogen and oxygen atoms in total. The number of carbonyl (C=O) groups is 1. The lowest BCUT2D eigenvalue weighted by molar-refractivity contribution is -0.302. The van der Waals surface area contributed by atoms with Crippen molar-refractivity contribution in [1.82, 2.24) is 5.32 Å². The van der Waals surface area contributed by atoms with Crippen molar-refractivity contribution < 1.29 is 39.8 Å². The maximum absolute atomic E-state index is 12.9. The highest BCUT2D eigenvalue weighted by Gasteiger charge is 2.44. The van der Waals surface area contributed by atoms with E-state index < -0.39 is 49.5 Å². The second-order valence-electron chi connectivity index (χ2n) is 15.5. The highest BCUT2D eigenvalue weighted by Crippen LogP contribution is 2.22. The number of unbranched alkanes of at least 4 members (excludes halogenated alkanes) is 22.